The maximum absolute atomic E-state index is 11.7. The van der Waals surface area contributed by atoms with Gasteiger partial charge in [0.2, 0.25) is 5.43 Å². The summed E-state index contributed by atoms with van der Waals surface area (Å²) < 4.78 is 0. The maximum atomic E-state index is 11.7. The lowest BCUT2D eigenvalue weighted by atomic mass is 10.4. The molecular formula is C12H9N3O3. The summed E-state index contributed by atoms with van der Waals surface area (Å²) in [4.78, 5) is 25.7. The fourth-order valence-electron chi connectivity index (χ4n) is 1.36. The molecule has 0 aliphatic carbocycles. The van der Waals surface area contributed by atoms with Crippen LogP contribution >= 0.6 is 0 Å². The van der Waals surface area contributed by atoms with Crippen LogP contribution in [0.25, 0.3) is 0 Å². The van der Waals surface area contributed by atoms with Gasteiger partial charge < -0.3 is 5.32 Å². The van der Waals surface area contributed by atoms with Crippen LogP contribution in [0.2, 0.25) is 0 Å². The lowest BCUT2D eigenvalue weighted by molar-refractivity contribution is -0.384. The number of rotatable bonds is 3. The summed E-state index contributed by atoms with van der Waals surface area (Å²) in [6.07, 6.45) is 1.58. The first kappa shape index (κ1) is 11.7. The van der Waals surface area contributed by atoms with Crippen molar-refractivity contribution in [3.8, 4) is 0 Å². The van der Waals surface area contributed by atoms with E-state index in [1.54, 1.807) is 24.4 Å². The second-order valence-corrected chi connectivity index (χ2v) is 3.47. The monoisotopic (exact) mass is 243 g/mol. The van der Waals surface area contributed by atoms with Crippen molar-refractivity contribution in [2.24, 2.45) is 0 Å². The molecule has 0 radical (unpaired) electrons. The average Bonchev–Trinajstić information content (AvgIpc) is 2.54. The van der Waals surface area contributed by atoms with Crippen LogP contribution in [-0.2, 0) is 0 Å². The van der Waals surface area contributed by atoms with Crippen LogP contribution in [0.5, 0.6) is 0 Å². The number of hydrogen-bond donors (Lipinski definition) is 1. The van der Waals surface area contributed by atoms with Crippen LogP contribution in [0.3, 0.4) is 0 Å². The summed E-state index contributed by atoms with van der Waals surface area (Å²) in [5.74, 6) is 0.503. The number of hydrogen-bond acceptors (Lipinski definition) is 5. The van der Waals surface area contributed by atoms with E-state index in [-0.39, 0.29) is 16.8 Å². The molecular weight excluding hydrogens is 234 g/mol. The molecule has 18 heavy (non-hydrogen) atoms. The molecule has 6 nitrogen and oxygen atoms in total. The van der Waals surface area contributed by atoms with Crippen LogP contribution in [0.4, 0.5) is 17.2 Å². The molecule has 1 heterocycles. The van der Waals surface area contributed by atoms with Gasteiger partial charge in [0.05, 0.1) is 10.6 Å². The van der Waals surface area contributed by atoms with E-state index in [2.05, 4.69) is 10.3 Å². The highest BCUT2D eigenvalue weighted by atomic mass is 16.6. The van der Waals surface area contributed by atoms with Gasteiger partial charge in [-0.25, -0.2) is 4.98 Å². The maximum Gasteiger partial charge on any atom is 0.269 e. The molecule has 0 aliphatic rings. The largest absolute Gasteiger partial charge is 0.337 e. The van der Waals surface area contributed by atoms with Crippen LogP contribution in [-0.4, -0.2) is 9.91 Å². The molecule has 0 saturated heterocycles. The minimum Gasteiger partial charge on any atom is -0.337 e. The SMILES string of the molecule is O=c1ccc([N+](=O)[O-])ccc1Nc1ccccn1. The van der Waals surface area contributed by atoms with Gasteiger partial charge in [0.25, 0.3) is 5.69 Å². The van der Waals surface area contributed by atoms with Crippen molar-refractivity contribution >= 4 is 17.2 Å². The Balaban J connectivity index is 2.38. The zero-order valence-electron chi connectivity index (χ0n) is 9.24. The predicted octanol–water partition coefficient (Wildman–Crippen LogP) is 2.09. The van der Waals surface area contributed by atoms with Crippen molar-refractivity contribution in [3.63, 3.8) is 0 Å². The van der Waals surface area contributed by atoms with Crippen LogP contribution < -0.4 is 10.7 Å². The zero-order valence-corrected chi connectivity index (χ0v) is 9.24. The van der Waals surface area contributed by atoms with Gasteiger partial charge in [-0.05, 0) is 24.3 Å². The molecule has 1 aromatic heterocycles. The van der Waals surface area contributed by atoms with Gasteiger partial charge in [-0.2, -0.15) is 0 Å². The zero-order chi connectivity index (χ0) is 13.0. The third kappa shape index (κ3) is 2.67. The molecule has 2 rings (SSSR count). The minimum absolute atomic E-state index is 0.138. The first-order chi connectivity index (χ1) is 8.66. The Morgan fingerprint density at radius 3 is 2.56 bits per heavy atom. The summed E-state index contributed by atoms with van der Waals surface area (Å²) in [6.45, 7) is 0. The van der Waals surface area contributed by atoms with Gasteiger partial charge in [-0.1, -0.05) is 6.07 Å². The lowest BCUT2D eigenvalue weighted by Crippen LogP contribution is -2.04. The highest BCUT2D eigenvalue weighted by molar-refractivity contribution is 5.56. The second-order valence-electron chi connectivity index (χ2n) is 3.47. The first-order valence-electron chi connectivity index (χ1n) is 5.13. The van der Waals surface area contributed by atoms with E-state index >= 15 is 0 Å². The second kappa shape index (κ2) is 5.05. The van der Waals surface area contributed by atoms with E-state index in [1.165, 1.54) is 18.2 Å². The first-order valence-corrected chi connectivity index (χ1v) is 5.13. The van der Waals surface area contributed by atoms with Gasteiger partial charge >= 0.3 is 0 Å². The van der Waals surface area contributed by atoms with E-state index in [0.717, 1.165) is 6.07 Å². The van der Waals surface area contributed by atoms with Crippen molar-refractivity contribution in [2.75, 3.05) is 5.32 Å². The topological polar surface area (TPSA) is 85.1 Å². The van der Waals surface area contributed by atoms with Crippen molar-refractivity contribution in [3.05, 3.63) is 69.0 Å². The Morgan fingerprint density at radius 1 is 1.11 bits per heavy atom. The van der Waals surface area contributed by atoms with Gasteiger partial charge in [-0.3, -0.25) is 14.9 Å². The Labute approximate surface area is 102 Å². The quantitative estimate of drug-likeness (QED) is 0.659. The summed E-state index contributed by atoms with van der Waals surface area (Å²) >= 11 is 0. The number of nitrogens with zero attached hydrogens (tertiary/aromatic N) is 2. The highest BCUT2D eigenvalue weighted by Gasteiger charge is 2.05. The van der Waals surface area contributed by atoms with E-state index < -0.39 is 4.92 Å². The Kier molecular flexibility index (Phi) is 3.29. The van der Waals surface area contributed by atoms with E-state index in [9.17, 15) is 14.9 Å². The molecule has 1 N–H and O–H groups in total. The number of pyridine rings is 1. The molecule has 0 spiro atoms. The molecule has 1 aromatic carbocycles. The molecule has 0 bridgehead atoms. The molecule has 0 amide bonds. The molecule has 2 aromatic rings. The number of aromatic nitrogens is 1. The molecule has 0 unspecified atom stereocenters. The number of nitro groups is 1. The Bertz CT molecular complexity index is 629. The molecule has 0 atom stereocenters. The Morgan fingerprint density at radius 2 is 1.89 bits per heavy atom. The molecule has 0 saturated carbocycles. The van der Waals surface area contributed by atoms with Crippen molar-refractivity contribution in [1.29, 1.82) is 0 Å². The van der Waals surface area contributed by atoms with Gasteiger partial charge in [0, 0.05) is 18.3 Å². The fourth-order valence-corrected chi connectivity index (χ4v) is 1.36. The Hall–Kier alpha value is -2.76. The molecule has 6 heteroatoms. The highest BCUT2D eigenvalue weighted by Crippen LogP contribution is 2.12. The van der Waals surface area contributed by atoms with Crippen molar-refractivity contribution in [1.82, 2.24) is 4.98 Å². The summed E-state index contributed by atoms with van der Waals surface area (Å²) in [6, 6.07) is 10.2. The predicted molar refractivity (Wildman–Crippen MR) is 66.9 cm³/mol. The number of anilines is 2. The van der Waals surface area contributed by atoms with Gasteiger partial charge in [0.15, 0.2) is 0 Å². The summed E-state index contributed by atoms with van der Waals surface area (Å²) in [5.41, 5.74) is -0.239. The smallest absolute Gasteiger partial charge is 0.269 e. The standard InChI is InChI=1S/C12H9N3O3/c16-11-7-5-9(15(17)18)4-6-10(11)14-12-3-1-2-8-13-12/h1-8H,(H,13,14,16). The normalized spacial score (nSPS) is 9.78. The minimum atomic E-state index is -0.552. The average molecular weight is 243 g/mol. The van der Waals surface area contributed by atoms with Gasteiger partial charge in [0.1, 0.15) is 5.82 Å². The fraction of sp³-hybridized carbons (Fsp3) is 0. The molecule has 0 aliphatic heterocycles. The van der Waals surface area contributed by atoms with E-state index in [1.807, 2.05) is 0 Å². The van der Waals surface area contributed by atoms with Crippen LogP contribution in [0, 0.1) is 10.1 Å². The third-order valence-electron chi connectivity index (χ3n) is 2.23. The lowest BCUT2D eigenvalue weighted by Gasteiger charge is -2.01. The van der Waals surface area contributed by atoms with E-state index in [4.69, 9.17) is 0 Å². The third-order valence-corrected chi connectivity index (χ3v) is 2.23. The number of nitrogens with one attached hydrogen (secondary N) is 1. The molecule has 90 valence electrons. The summed E-state index contributed by atoms with van der Waals surface area (Å²) in [5, 5.41) is 13.4. The van der Waals surface area contributed by atoms with Crippen LogP contribution in [0.1, 0.15) is 0 Å². The summed E-state index contributed by atoms with van der Waals surface area (Å²) in [7, 11) is 0. The molecule has 0 fully saturated rings. The van der Waals surface area contributed by atoms with Crippen LogP contribution in [0.15, 0.2) is 53.5 Å². The van der Waals surface area contributed by atoms with Crippen molar-refractivity contribution in [2.45, 2.75) is 0 Å². The van der Waals surface area contributed by atoms with Gasteiger partial charge in [-0.15, -0.1) is 0 Å². The van der Waals surface area contributed by atoms with E-state index in [0.29, 0.717) is 5.82 Å². The van der Waals surface area contributed by atoms with Crippen molar-refractivity contribution < 1.29 is 4.92 Å².